The number of benzene rings is 2. The average molecular weight is 371 g/mol. The van der Waals surface area contributed by atoms with Crippen molar-refractivity contribution in [3.8, 4) is 11.5 Å². The molecule has 4 nitrogen and oxygen atoms in total. The number of nitrogens with one attached hydrogen (secondary N) is 1. The highest BCUT2D eigenvalue weighted by atomic mass is 79.9. The molecule has 0 aliphatic rings. The zero-order chi connectivity index (χ0) is 15.4. The molecule has 0 heterocycles. The summed E-state index contributed by atoms with van der Waals surface area (Å²) in [6, 6.07) is 10.2. The highest BCUT2D eigenvalue weighted by Gasteiger charge is 2.12. The van der Waals surface area contributed by atoms with E-state index >= 15 is 0 Å². The second kappa shape index (κ2) is 6.83. The van der Waals surface area contributed by atoms with Crippen molar-refractivity contribution in [1.82, 2.24) is 0 Å². The lowest BCUT2D eigenvalue weighted by molar-refractivity contribution is 0.102. The van der Waals surface area contributed by atoms with Crippen LogP contribution in [0.3, 0.4) is 0 Å². The van der Waals surface area contributed by atoms with Crippen LogP contribution in [0.4, 0.5) is 5.69 Å². The van der Waals surface area contributed by atoms with Crippen LogP contribution in [-0.2, 0) is 0 Å². The summed E-state index contributed by atoms with van der Waals surface area (Å²) in [7, 11) is 3.10. The number of methoxy groups -OCH3 is 2. The molecular formula is C15H13BrClNO3. The van der Waals surface area contributed by atoms with Gasteiger partial charge in [0.25, 0.3) is 5.91 Å². The van der Waals surface area contributed by atoms with Crippen molar-refractivity contribution >= 4 is 39.1 Å². The monoisotopic (exact) mass is 369 g/mol. The Morgan fingerprint density at radius 1 is 1.10 bits per heavy atom. The van der Waals surface area contributed by atoms with Crippen LogP contribution in [0.15, 0.2) is 40.9 Å². The van der Waals surface area contributed by atoms with Crippen molar-refractivity contribution in [3.05, 3.63) is 51.5 Å². The fraction of sp³-hybridized carbons (Fsp3) is 0.133. The summed E-state index contributed by atoms with van der Waals surface area (Å²) in [6.07, 6.45) is 0. The molecule has 2 aromatic carbocycles. The molecular weight excluding hydrogens is 358 g/mol. The molecule has 0 bridgehead atoms. The molecule has 0 aromatic heterocycles. The minimum atomic E-state index is -0.245. The molecule has 0 saturated carbocycles. The Balaban J connectivity index is 2.23. The molecule has 0 radical (unpaired) electrons. The maximum Gasteiger partial charge on any atom is 0.256 e. The zero-order valence-electron chi connectivity index (χ0n) is 11.4. The number of hydrogen-bond donors (Lipinski definition) is 1. The van der Waals surface area contributed by atoms with Gasteiger partial charge in [-0.15, -0.1) is 0 Å². The van der Waals surface area contributed by atoms with Crippen LogP contribution >= 0.6 is 27.5 Å². The van der Waals surface area contributed by atoms with Crippen LogP contribution in [0.1, 0.15) is 10.4 Å². The Hall–Kier alpha value is -1.72. The van der Waals surface area contributed by atoms with Crippen molar-refractivity contribution in [2.45, 2.75) is 0 Å². The van der Waals surface area contributed by atoms with Crippen molar-refractivity contribution in [2.75, 3.05) is 19.5 Å². The molecule has 0 fully saturated rings. The first kappa shape index (κ1) is 15.7. The highest BCUT2D eigenvalue weighted by molar-refractivity contribution is 9.10. The number of ether oxygens (including phenoxy) is 2. The second-order valence-corrected chi connectivity index (χ2v) is 5.44. The molecule has 1 N–H and O–H groups in total. The maximum absolute atomic E-state index is 12.2. The molecule has 0 saturated heterocycles. The van der Waals surface area contributed by atoms with E-state index < -0.39 is 0 Å². The van der Waals surface area contributed by atoms with E-state index in [1.807, 2.05) is 0 Å². The topological polar surface area (TPSA) is 47.6 Å². The average Bonchev–Trinajstić information content (AvgIpc) is 2.46. The smallest absolute Gasteiger partial charge is 0.256 e. The lowest BCUT2D eigenvalue weighted by Crippen LogP contribution is -2.12. The molecule has 0 aliphatic heterocycles. The van der Waals surface area contributed by atoms with Gasteiger partial charge in [0.05, 0.1) is 19.8 Å². The summed E-state index contributed by atoms with van der Waals surface area (Å²) in [5, 5.41) is 3.36. The van der Waals surface area contributed by atoms with Gasteiger partial charge in [0.1, 0.15) is 0 Å². The summed E-state index contributed by atoms with van der Waals surface area (Å²) in [5.74, 6) is 0.902. The fourth-order valence-electron chi connectivity index (χ4n) is 1.79. The van der Waals surface area contributed by atoms with Crippen LogP contribution in [0.25, 0.3) is 0 Å². The molecule has 21 heavy (non-hydrogen) atoms. The molecule has 6 heteroatoms. The van der Waals surface area contributed by atoms with Crippen molar-refractivity contribution < 1.29 is 14.3 Å². The van der Waals surface area contributed by atoms with Gasteiger partial charge >= 0.3 is 0 Å². The van der Waals surface area contributed by atoms with E-state index in [4.69, 9.17) is 21.1 Å². The normalized spacial score (nSPS) is 10.1. The predicted octanol–water partition coefficient (Wildman–Crippen LogP) is 4.37. The summed E-state index contributed by atoms with van der Waals surface area (Å²) in [4.78, 5) is 12.2. The van der Waals surface area contributed by atoms with E-state index in [-0.39, 0.29) is 5.91 Å². The Bertz CT molecular complexity index is 676. The Kier molecular flexibility index (Phi) is 5.09. The summed E-state index contributed by atoms with van der Waals surface area (Å²) in [6.45, 7) is 0. The van der Waals surface area contributed by atoms with Gasteiger partial charge in [0.2, 0.25) is 0 Å². The van der Waals surface area contributed by atoms with E-state index in [9.17, 15) is 4.79 Å². The lowest BCUT2D eigenvalue weighted by Gasteiger charge is -2.11. The van der Waals surface area contributed by atoms with Gasteiger partial charge in [-0.3, -0.25) is 4.79 Å². The minimum absolute atomic E-state index is 0.245. The third-order valence-corrected chi connectivity index (χ3v) is 3.71. The van der Waals surface area contributed by atoms with Crippen LogP contribution in [0, 0.1) is 0 Å². The fourth-order valence-corrected chi connectivity index (χ4v) is 2.65. The first-order valence-electron chi connectivity index (χ1n) is 6.03. The summed E-state index contributed by atoms with van der Waals surface area (Å²) >= 11 is 9.18. The highest BCUT2D eigenvalue weighted by Crippen LogP contribution is 2.30. The summed E-state index contributed by atoms with van der Waals surface area (Å²) in [5.41, 5.74) is 1.11. The number of carbonyl (C=O) groups is 1. The standard InChI is InChI=1S/C15H13BrClNO3/c1-20-13-6-4-10(8-14(13)21-2)18-15(19)11-5-3-9(17)7-12(11)16/h3-8H,1-2H3,(H,18,19). The van der Waals surface area contributed by atoms with E-state index in [1.165, 1.54) is 0 Å². The van der Waals surface area contributed by atoms with Crippen LogP contribution < -0.4 is 14.8 Å². The molecule has 2 rings (SSSR count). The number of halogens is 2. The molecule has 110 valence electrons. The largest absolute Gasteiger partial charge is 0.493 e. The van der Waals surface area contributed by atoms with Crippen molar-refractivity contribution in [2.24, 2.45) is 0 Å². The number of rotatable bonds is 4. The van der Waals surface area contributed by atoms with E-state index in [0.29, 0.717) is 32.2 Å². The van der Waals surface area contributed by atoms with Crippen molar-refractivity contribution in [3.63, 3.8) is 0 Å². The van der Waals surface area contributed by atoms with Crippen LogP contribution in [-0.4, -0.2) is 20.1 Å². The van der Waals surface area contributed by atoms with Gasteiger partial charge < -0.3 is 14.8 Å². The number of carbonyl (C=O) groups excluding carboxylic acids is 1. The predicted molar refractivity (Wildman–Crippen MR) is 86.7 cm³/mol. The Morgan fingerprint density at radius 2 is 1.81 bits per heavy atom. The Labute approximate surface area is 136 Å². The Morgan fingerprint density at radius 3 is 2.43 bits per heavy atom. The third kappa shape index (κ3) is 3.68. The maximum atomic E-state index is 12.2. The first-order chi connectivity index (χ1) is 10.0. The molecule has 0 atom stereocenters. The summed E-state index contributed by atoms with van der Waals surface area (Å²) < 4.78 is 11.0. The second-order valence-electron chi connectivity index (χ2n) is 4.15. The van der Waals surface area contributed by atoms with E-state index in [1.54, 1.807) is 50.6 Å². The van der Waals surface area contributed by atoms with Gasteiger partial charge in [-0.25, -0.2) is 0 Å². The van der Waals surface area contributed by atoms with E-state index in [2.05, 4.69) is 21.2 Å². The van der Waals surface area contributed by atoms with Crippen molar-refractivity contribution in [1.29, 1.82) is 0 Å². The molecule has 0 unspecified atom stereocenters. The van der Waals surface area contributed by atoms with Gasteiger partial charge in [0.15, 0.2) is 11.5 Å². The van der Waals surface area contributed by atoms with Crippen LogP contribution in [0.5, 0.6) is 11.5 Å². The van der Waals surface area contributed by atoms with Gasteiger partial charge in [0, 0.05) is 21.2 Å². The van der Waals surface area contributed by atoms with Crippen LogP contribution in [0.2, 0.25) is 5.02 Å². The number of anilines is 1. The molecule has 2 aromatic rings. The molecule has 1 amide bonds. The third-order valence-electron chi connectivity index (χ3n) is 2.82. The lowest BCUT2D eigenvalue weighted by atomic mass is 10.2. The van der Waals surface area contributed by atoms with Gasteiger partial charge in [-0.2, -0.15) is 0 Å². The molecule has 0 spiro atoms. The zero-order valence-corrected chi connectivity index (χ0v) is 13.8. The quantitative estimate of drug-likeness (QED) is 0.869. The number of amides is 1. The first-order valence-corrected chi connectivity index (χ1v) is 7.20. The van der Waals surface area contributed by atoms with E-state index in [0.717, 1.165) is 0 Å². The van der Waals surface area contributed by atoms with Gasteiger partial charge in [-0.05, 0) is 46.3 Å². The minimum Gasteiger partial charge on any atom is -0.493 e. The van der Waals surface area contributed by atoms with Gasteiger partial charge in [-0.1, -0.05) is 11.6 Å². The molecule has 0 aliphatic carbocycles. The SMILES string of the molecule is COc1ccc(NC(=O)c2ccc(Cl)cc2Br)cc1OC. The number of hydrogen-bond acceptors (Lipinski definition) is 3.